The van der Waals surface area contributed by atoms with Gasteiger partial charge in [-0.25, -0.2) is 4.79 Å². The minimum Gasteiger partial charge on any atom is -0.447 e. The van der Waals surface area contributed by atoms with Gasteiger partial charge >= 0.3 is 18.4 Å². The second-order valence-electron chi connectivity index (χ2n) is 10.0. The molecule has 0 radical (unpaired) electrons. The highest BCUT2D eigenvalue weighted by atomic mass is 127. The highest BCUT2D eigenvalue weighted by Crippen LogP contribution is 2.46. The molecule has 0 aliphatic rings. The normalized spacial score (nSPS) is 12.4. The second-order valence-corrected chi connectivity index (χ2v) is 11.2. The lowest BCUT2D eigenvalue weighted by molar-refractivity contribution is -0.253. The molecule has 0 saturated carbocycles. The predicted molar refractivity (Wildman–Crippen MR) is 159 cm³/mol. The van der Waals surface area contributed by atoms with Gasteiger partial charge in [-0.05, 0) is 71.3 Å². The molecule has 44 heavy (non-hydrogen) atoms. The Bertz CT molecular complexity index is 1480. The highest BCUT2D eigenvalue weighted by Gasteiger charge is 2.57. The van der Waals surface area contributed by atoms with E-state index in [1.165, 1.54) is 24.0 Å². The minimum atomic E-state index is -5.56. The second kappa shape index (κ2) is 14.3. The van der Waals surface area contributed by atoms with Crippen molar-refractivity contribution in [3.8, 4) is 0 Å². The number of aryl methyl sites for hydroxylation is 1. The van der Waals surface area contributed by atoms with Gasteiger partial charge in [0.15, 0.2) is 5.92 Å². The number of benzene rings is 3. The van der Waals surface area contributed by atoms with Gasteiger partial charge in [-0.3, -0.25) is 9.59 Å². The molecule has 1 unspecified atom stereocenters. The summed E-state index contributed by atoms with van der Waals surface area (Å²) in [4.78, 5) is 40.1. The lowest BCUT2D eigenvalue weighted by Crippen LogP contribution is -2.39. The van der Waals surface area contributed by atoms with Crippen LogP contribution in [0.4, 0.5) is 36.8 Å². The van der Waals surface area contributed by atoms with E-state index in [9.17, 15) is 40.7 Å². The third-order valence-corrected chi connectivity index (χ3v) is 7.28. The fourth-order valence-corrected chi connectivity index (χ4v) is 5.01. The monoisotopic (exact) mass is 735 g/mol. The van der Waals surface area contributed by atoms with Crippen LogP contribution < -0.4 is 10.6 Å². The van der Waals surface area contributed by atoms with E-state index in [0.29, 0.717) is 22.2 Å². The van der Waals surface area contributed by atoms with Gasteiger partial charge in [0.05, 0.1) is 17.2 Å². The first-order chi connectivity index (χ1) is 20.5. The van der Waals surface area contributed by atoms with E-state index in [0.717, 1.165) is 11.6 Å². The van der Waals surface area contributed by atoms with Crippen molar-refractivity contribution >= 4 is 46.2 Å². The number of nitrogens with one attached hydrogen (secondary N) is 2. The molecule has 0 aliphatic heterocycles. The summed E-state index contributed by atoms with van der Waals surface area (Å²) in [6.45, 7) is 3.00. The van der Waals surface area contributed by atoms with Crippen LogP contribution in [0.5, 0.6) is 0 Å². The maximum atomic E-state index is 13.2. The first kappa shape index (κ1) is 34.7. The van der Waals surface area contributed by atoms with Crippen molar-refractivity contribution < 1.29 is 45.5 Å². The van der Waals surface area contributed by atoms with Crippen LogP contribution in [0, 0.1) is 10.5 Å². The summed E-state index contributed by atoms with van der Waals surface area (Å²) in [6, 6.07) is 15.3. The Labute approximate surface area is 263 Å². The Morgan fingerprint density at radius 1 is 0.909 bits per heavy atom. The number of hydrogen-bond acceptors (Lipinski definition) is 4. The Morgan fingerprint density at radius 3 is 2.14 bits per heavy atom. The lowest BCUT2D eigenvalue weighted by atomic mass is 9.95. The zero-order valence-corrected chi connectivity index (χ0v) is 25.8. The summed E-state index contributed by atoms with van der Waals surface area (Å²) in [5.41, 5.74) is -0.307. The van der Waals surface area contributed by atoms with E-state index in [2.05, 4.69) is 10.6 Å². The van der Waals surface area contributed by atoms with Crippen molar-refractivity contribution in [1.29, 1.82) is 0 Å². The van der Waals surface area contributed by atoms with E-state index >= 15 is 0 Å². The fraction of sp³-hybridized carbons (Fsp3) is 0.300. The third-order valence-electron chi connectivity index (χ3n) is 6.38. The maximum absolute atomic E-state index is 13.2. The Balaban J connectivity index is 1.70. The van der Waals surface area contributed by atoms with E-state index < -0.39 is 47.8 Å². The molecule has 3 aromatic rings. The van der Waals surface area contributed by atoms with Crippen molar-refractivity contribution in [2.24, 2.45) is 0 Å². The Morgan fingerprint density at radius 2 is 1.55 bits per heavy atom. The standard InChI is InChI=1S/C30H28F6IN3O4/c1-17-14-20(25(29(31,32)33)30(34,35)36)12-13-23(17)39-26(41)21-10-7-11-22(37)24(21)27(42)38-18(2)16-44-28(43)40(3)15-19-8-5-4-6-9-19/h4-14,18,25H,15-16H2,1-3H3,(H,38,42)(H,39,41). The summed E-state index contributed by atoms with van der Waals surface area (Å²) in [6.07, 6.45) is -11.7. The van der Waals surface area contributed by atoms with Crippen LogP contribution >= 0.6 is 22.6 Å². The summed E-state index contributed by atoms with van der Waals surface area (Å²) in [5, 5.41) is 5.13. The summed E-state index contributed by atoms with van der Waals surface area (Å²) in [7, 11) is 1.57. The van der Waals surface area contributed by atoms with Gasteiger partial charge in [0.2, 0.25) is 0 Å². The molecule has 3 aromatic carbocycles. The lowest BCUT2D eigenvalue weighted by Gasteiger charge is -2.24. The van der Waals surface area contributed by atoms with Crippen molar-refractivity contribution in [1.82, 2.24) is 10.2 Å². The van der Waals surface area contributed by atoms with Crippen LogP contribution in [-0.4, -0.2) is 54.9 Å². The number of carbonyl (C=O) groups is 3. The predicted octanol–water partition coefficient (Wildman–Crippen LogP) is 7.45. The molecule has 2 N–H and O–H groups in total. The van der Waals surface area contributed by atoms with E-state index in [4.69, 9.17) is 4.74 Å². The molecule has 0 spiro atoms. The molecule has 3 rings (SSSR count). The number of rotatable bonds is 9. The van der Waals surface area contributed by atoms with Crippen LogP contribution in [0.15, 0.2) is 66.7 Å². The van der Waals surface area contributed by atoms with Crippen LogP contribution in [0.2, 0.25) is 0 Å². The number of anilines is 1. The highest BCUT2D eigenvalue weighted by molar-refractivity contribution is 14.1. The SMILES string of the molecule is Cc1cc(C(C(F)(F)F)C(F)(F)F)ccc1NC(=O)c1cccc(I)c1C(=O)NC(C)COC(=O)N(C)Cc1ccccc1. The van der Waals surface area contributed by atoms with Crippen LogP contribution in [0.1, 0.15) is 50.2 Å². The molecule has 3 amide bonds. The zero-order valence-electron chi connectivity index (χ0n) is 23.6. The van der Waals surface area contributed by atoms with Crippen molar-refractivity contribution in [2.45, 2.75) is 44.7 Å². The number of hydrogen-bond donors (Lipinski definition) is 2. The molecule has 0 aromatic heterocycles. The van der Waals surface area contributed by atoms with Gasteiger partial charge in [0.1, 0.15) is 6.61 Å². The maximum Gasteiger partial charge on any atom is 0.409 e. The van der Waals surface area contributed by atoms with E-state index in [1.54, 1.807) is 20.0 Å². The zero-order chi connectivity index (χ0) is 32.8. The number of ether oxygens (including phenoxy) is 1. The summed E-state index contributed by atoms with van der Waals surface area (Å²) < 4.78 is 84.7. The minimum absolute atomic E-state index is 0.0200. The summed E-state index contributed by atoms with van der Waals surface area (Å²) >= 11 is 1.85. The third kappa shape index (κ3) is 9.09. The number of halogens is 7. The van der Waals surface area contributed by atoms with Gasteiger partial charge in [0, 0.05) is 22.8 Å². The smallest absolute Gasteiger partial charge is 0.409 e. The fourth-order valence-electron chi connectivity index (χ4n) is 4.27. The van der Waals surface area contributed by atoms with Crippen LogP contribution in [0.25, 0.3) is 0 Å². The van der Waals surface area contributed by atoms with Gasteiger partial charge in [0.25, 0.3) is 11.8 Å². The number of carbonyl (C=O) groups excluding carboxylic acids is 3. The van der Waals surface area contributed by atoms with Crippen LogP contribution in [0.3, 0.4) is 0 Å². The summed E-state index contributed by atoms with van der Waals surface area (Å²) in [5.74, 6) is -5.16. The van der Waals surface area contributed by atoms with E-state index in [-0.39, 0.29) is 29.0 Å². The molecule has 0 aliphatic carbocycles. The van der Waals surface area contributed by atoms with Crippen molar-refractivity contribution in [3.63, 3.8) is 0 Å². The molecule has 1 atom stereocenters. The average molecular weight is 735 g/mol. The topological polar surface area (TPSA) is 87.7 Å². The largest absolute Gasteiger partial charge is 0.447 e. The first-order valence-electron chi connectivity index (χ1n) is 13.1. The number of alkyl halides is 6. The molecule has 0 saturated heterocycles. The first-order valence-corrected chi connectivity index (χ1v) is 14.1. The van der Waals surface area contributed by atoms with Crippen molar-refractivity contribution in [3.05, 3.63) is 98.1 Å². The Hall–Kier alpha value is -3.82. The quantitative estimate of drug-likeness (QED) is 0.177. The number of amides is 3. The average Bonchev–Trinajstić information content (AvgIpc) is 2.91. The molecule has 0 bridgehead atoms. The molecular formula is C30H28F6IN3O4. The van der Waals surface area contributed by atoms with Crippen LogP contribution in [-0.2, 0) is 11.3 Å². The molecule has 7 nitrogen and oxygen atoms in total. The Kier molecular flexibility index (Phi) is 11.3. The van der Waals surface area contributed by atoms with Gasteiger partial charge < -0.3 is 20.3 Å². The molecule has 0 fully saturated rings. The van der Waals surface area contributed by atoms with E-state index in [1.807, 2.05) is 52.9 Å². The number of nitrogens with zero attached hydrogens (tertiary/aromatic N) is 1. The van der Waals surface area contributed by atoms with Gasteiger partial charge in [-0.15, -0.1) is 0 Å². The molecule has 0 heterocycles. The van der Waals surface area contributed by atoms with Gasteiger partial charge in [-0.1, -0.05) is 48.5 Å². The molecular weight excluding hydrogens is 707 g/mol. The molecule has 236 valence electrons. The molecule has 14 heteroatoms. The van der Waals surface area contributed by atoms with Gasteiger partial charge in [-0.2, -0.15) is 26.3 Å². The van der Waals surface area contributed by atoms with Crippen molar-refractivity contribution in [2.75, 3.05) is 19.0 Å².